The van der Waals surface area contributed by atoms with E-state index in [0.29, 0.717) is 6.54 Å². The van der Waals surface area contributed by atoms with Gasteiger partial charge in [-0.15, -0.1) is 35.3 Å². The maximum absolute atomic E-state index is 5.35. The molecule has 0 aliphatic rings. The van der Waals surface area contributed by atoms with Gasteiger partial charge in [-0.2, -0.15) is 0 Å². The third kappa shape index (κ3) is 7.07. The van der Waals surface area contributed by atoms with Gasteiger partial charge in [0.05, 0.1) is 17.2 Å². The minimum atomic E-state index is -0.210. The van der Waals surface area contributed by atoms with E-state index < -0.39 is 0 Å². The lowest BCUT2D eigenvalue weighted by Crippen LogP contribution is -2.44. The molecule has 0 bridgehead atoms. The molecule has 0 atom stereocenters. The van der Waals surface area contributed by atoms with Crippen molar-refractivity contribution in [2.75, 3.05) is 20.7 Å². The van der Waals surface area contributed by atoms with Gasteiger partial charge in [-0.3, -0.25) is 4.99 Å². The lowest BCUT2D eigenvalue weighted by molar-refractivity contribution is 0.0268. The summed E-state index contributed by atoms with van der Waals surface area (Å²) >= 11 is 1.69. The van der Waals surface area contributed by atoms with Gasteiger partial charge in [0.15, 0.2) is 5.96 Å². The molecule has 0 unspecified atom stereocenters. The van der Waals surface area contributed by atoms with E-state index in [9.17, 15) is 0 Å². The summed E-state index contributed by atoms with van der Waals surface area (Å²) in [7, 11) is 3.46. The monoisotopic (exact) mass is 398 g/mol. The summed E-state index contributed by atoms with van der Waals surface area (Å²) in [4.78, 5) is 9.58. The number of rotatable bonds is 5. The maximum Gasteiger partial charge on any atom is 0.191 e. The van der Waals surface area contributed by atoms with Crippen LogP contribution in [0, 0.1) is 6.92 Å². The Kier molecular flexibility index (Phi) is 8.51. The number of nitrogens with zero attached hydrogens (tertiary/aromatic N) is 2. The van der Waals surface area contributed by atoms with Gasteiger partial charge in [-0.25, -0.2) is 4.98 Å². The Balaban J connectivity index is 0.00000324. The summed E-state index contributed by atoms with van der Waals surface area (Å²) in [5, 5.41) is 7.56. The highest BCUT2D eigenvalue weighted by Crippen LogP contribution is 2.10. The second-order valence-electron chi connectivity index (χ2n) is 4.59. The number of guanidine groups is 1. The first-order chi connectivity index (χ1) is 8.46. The molecule has 0 aliphatic carbocycles. The van der Waals surface area contributed by atoms with Crippen molar-refractivity contribution in [2.24, 2.45) is 4.99 Å². The Bertz CT molecular complexity index is 406. The largest absolute Gasteiger partial charge is 0.377 e. The Labute approximate surface area is 136 Å². The van der Waals surface area contributed by atoms with E-state index in [2.05, 4.69) is 20.6 Å². The molecule has 0 amide bonds. The third-order valence-corrected chi connectivity index (χ3v) is 3.47. The van der Waals surface area contributed by atoms with E-state index in [1.165, 1.54) is 4.88 Å². The number of aromatic nitrogens is 1. The van der Waals surface area contributed by atoms with Gasteiger partial charge in [0.25, 0.3) is 0 Å². The van der Waals surface area contributed by atoms with Crippen LogP contribution < -0.4 is 10.6 Å². The zero-order valence-corrected chi connectivity index (χ0v) is 15.3. The van der Waals surface area contributed by atoms with Crippen LogP contribution in [0.4, 0.5) is 0 Å². The number of hydrogen-bond acceptors (Lipinski definition) is 4. The zero-order chi connectivity index (χ0) is 13.6. The molecule has 1 aromatic heterocycles. The quantitative estimate of drug-likeness (QED) is 0.454. The second kappa shape index (κ2) is 8.70. The Morgan fingerprint density at radius 2 is 2.16 bits per heavy atom. The molecule has 0 fully saturated rings. The molecule has 110 valence electrons. The Morgan fingerprint density at radius 3 is 2.63 bits per heavy atom. The fourth-order valence-electron chi connectivity index (χ4n) is 1.25. The summed E-state index contributed by atoms with van der Waals surface area (Å²) < 4.78 is 5.35. The SMILES string of the molecule is CN=C(NCc1cnc(C)s1)NCC(C)(C)OC.I. The molecule has 7 heteroatoms. The molecule has 0 aromatic carbocycles. The molecule has 1 aromatic rings. The van der Waals surface area contributed by atoms with E-state index in [1.807, 2.05) is 27.0 Å². The molecule has 0 radical (unpaired) electrons. The molecule has 0 saturated heterocycles. The van der Waals surface area contributed by atoms with Gasteiger partial charge in [-0.05, 0) is 20.8 Å². The van der Waals surface area contributed by atoms with E-state index >= 15 is 0 Å². The van der Waals surface area contributed by atoms with Crippen LogP contribution in [0.25, 0.3) is 0 Å². The average molecular weight is 398 g/mol. The summed E-state index contributed by atoms with van der Waals surface area (Å²) in [6, 6.07) is 0. The number of hydrogen-bond donors (Lipinski definition) is 2. The van der Waals surface area contributed by atoms with Gasteiger partial charge in [0.1, 0.15) is 0 Å². The van der Waals surface area contributed by atoms with E-state index in [1.54, 1.807) is 25.5 Å². The van der Waals surface area contributed by atoms with Crippen LogP contribution in [-0.2, 0) is 11.3 Å². The number of ether oxygens (including phenoxy) is 1. The molecular weight excluding hydrogens is 375 g/mol. The van der Waals surface area contributed by atoms with Crippen LogP contribution in [0.3, 0.4) is 0 Å². The third-order valence-electron chi connectivity index (χ3n) is 2.56. The van der Waals surface area contributed by atoms with Crippen LogP contribution in [0.1, 0.15) is 23.7 Å². The molecule has 0 saturated carbocycles. The van der Waals surface area contributed by atoms with E-state index in [4.69, 9.17) is 4.74 Å². The summed E-state index contributed by atoms with van der Waals surface area (Å²) in [6.07, 6.45) is 1.89. The molecule has 1 heterocycles. The number of thiazole rings is 1. The second-order valence-corrected chi connectivity index (χ2v) is 5.91. The highest BCUT2D eigenvalue weighted by atomic mass is 127. The van der Waals surface area contributed by atoms with E-state index in [-0.39, 0.29) is 29.6 Å². The van der Waals surface area contributed by atoms with Crippen molar-refractivity contribution in [2.45, 2.75) is 32.9 Å². The number of halogens is 1. The summed E-state index contributed by atoms with van der Waals surface area (Å²) in [5.74, 6) is 0.770. The number of nitrogens with one attached hydrogen (secondary N) is 2. The minimum Gasteiger partial charge on any atom is -0.377 e. The molecule has 1 rings (SSSR count). The summed E-state index contributed by atoms with van der Waals surface area (Å²) in [5.41, 5.74) is -0.210. The lowest BCUT2D eigenvalue weighted by Gasteiger charge is -2.24. The number of aryl methyl sites for hydroxylation is 1. The van der Waals surface area contributed by atoms with Gasteiger partial charge >= 0.3 is 0 Å². The van der Waals surface area contributed by atoms with Crippen LogP contribution in [0.2, 0.25) is 0 Å². The maximum atomic E-state index is 5.35. The van der Waals surface area contributed by atoms with Crippen LogP contribution in [0.15, 0.2) is 11.2 Å². The predicted molar refractivity (Wildman–Crippen MR) is 91.6 cm³/mol. The normalized spacial score (nSPS) is 11.9. The van der Waals surface area contributed by atoms with Crippen molar-refractivity contribution in [3.63, 3.8) is 0 Å². The van der Waals surface area contributed by atoms with Crippen molar-refractivity contribution in [1.29, 1.82) is 0 Å². The first-order valence-electron chi connectivity index (χ1n) is 5.88. The minimum absolute atomic E-state index is 0. The molecule has 0 aliphatic heterocycles. The standard InChI is InChI=1S/C12H22N4OS.HI/c1-9-14-6-10(18-9)7-15-11(13-4)16-8-12(2,3)17-5;/h6H,7-8H2,1-5H3,(H2,13,15,16);1H. The van der Waals surface area contributed by atoms with E-state index in [0.717, 1.165) is 17.5 Å². The number of methoxy groups -OCH3 is 1. The molecule has 19 heavy (non-hydrogen) atoms. The smallest absolute Gasteiger partial charge is 0.191 e. The fraction of sp³-hybridized carbons (Fsp3) is 0.667. The van der Waals surface area contributed by atoms with Crippen LogP contribution >= 0.6 is 35.3 Å². The van der Waals surface area contributed by atoms with Crippen LogP contribution in [-0.4, -0.2) is 37.2 Å². The van der Waals surface area contributed by atoms with Gasteiger partial charge in [0.2, 0.25) is 0 Å². The lowest BCUT2D eigenvalue weighted by atomic mass is 10.1. The predicted octanol–water partition coefficient (Wildman–Crippen LogP) is 2.16. The average Bonchev–Trinajstić information content (AvgIpc) is 2.75. The Morgan fingerprint density at radius 1 is 1.47 bits per heavy atom. The van der Waals surface area contributed by atoms with Crippen molar-refractivity contribution in [3.05, 3.63) is 16.1 Å². The fourth-order valence-corrected chi connectivity index (χ4v) is 1.98. The van der Waals surface area contributed by atoms with Crippen molar-refractivity contribution >= 4 is 41.3 Å². The first-order valence-corrected chi connectivity index (χ1v) is 6.69. The van der Waals surface area contributed by atoms with Gasteiger partial charge in [-0.1, -0.05) is 0 Å². The van der Waals surface area contributed by atoms with Gasteiger partial charge in [0, 0.05) is 31.8 Å². The topological polar surface area (TPSA) is 58.5 Å². The zero-order valence-electron chi connectivity index (χ0n) is 12.1. The molecular formula is C12H23IN4OS. The first kappa shape index (κ1) is 18.6. The highest BCUT2D eigenvalue weighted by Gasteiger charge is 2.16. The molecule has 5 nitrogen and oxygen atoms in total. The number of aliphatic imine (C=N–C) groups is 1. The van der Waals surface area contributed by atoms with Crippen molar-refractivity contribution in [3.8, 4) is 0 Å². The summed E-state index contributed by atoms with van der Waals surface area (Å²) in [6.45, 7) is 7.49. The van der Waals surface area contributed by atoms with Crippen molar-refractivity contribution in [1.82, 2.24) is 15.6 Å². The molecule has 2 N–H and O–H groups in total. The Hall–Kier alpha value is -0.410. The van der Waals surface area contributed by atoms with Gasteiger partial charge < -0.3 is 15.4 Å². The van der Waals surface area contributed by atoms with Crippen molar-refractivity contribution < 1.29 is 4.74 Å². The van der Waals surface area contributed by atoms with Crippen LogP contribution in [0.5, 0.6) is 0 Å². The molecule has 0 spiro atoms. The highest BCUT2D eigenvalue weighted by molar-refractivity contribution is 14.0.